The first-order valence-electron chi connectivity index (χ1n) is 7.54. The van der Waals surface area contributed by atoms with Crippen LogP contribution in [0.3, 0.4) is 0 Å². The van der Waals surface area contributed by atoms with Gasteiger partial charge in [-0.2, -0.15) is 4.31 Å². The van der Waals surface area contributed by atoms with Crippen LogP contribution in [-0.2, 0) is 14.8 Å². The average molecular weight is 380 g/mol. The molecule has 7 nitrogen and oxygen atoms in total. The van der Waals surface area contributed by atoms with E-state index >= 15 is 0 Å². The zero-order valence-electron chi connectivity index (χ0n) is 14.3. The number of hydrogen-bond acceptors (Lipinski definition) is 5. The van der Waals surface area contributed by atoms with Gasteiger partial charge in [-0.15, -0.1) is 12.4 Å². The Balaban J connectivity index is 0.00000529. The number of phenolic OH excluding ortho intramolecular Hbond substituents is 1. The minimum atomic E-state index is -3.67. The first-order valence-corrected chi connectivity index (χ1v) is 8.98. The van der Waals surface area contributed by atoms with Gasteiger partial charge in [-0.3, -0.25) is 4.79 Å². The molecule has 0 spiro atoms. The number of aromatic hydroxyl groups is 1. The zero-order valence-corrected chi connectivity index (χ0v) is 15.9. The molecule has 0 saturated heterocycles. The first kappa shape index (κ1) is 22.6. The Morgan fingerprint density at radius 1 is 1.29 bits per heavy atom. The highest BCUT2D eigenvalue weighted by atomic mass is 35.5. The van der Waals surface area contributed by atoms with Crippen molar-refractivity contribution in [2.45, 2.75) is 38.6 Å². The fraction of sp³-hybridized carbons (Fsp3) is 0.533. The van der Waals surface area contributed by atoms with Crippen molar-refractivity contribution < 1.29 is 18.3 Å². The van der Waals surface area contributed by atoms with E-state index in [1.165, 1.54) is 22.5 Å². The smallest absolute Gasteiger partial charge is 0.243 e. The fourth-order valence-electron chi connectivity index (χ4n) is 2.01. The van der Waals surface area contributed by atoms with Crippen molar-refractivity contribution in [2.75, 3.05) is 18.4 Å². The topological polar surface area (TPSA) is 113 Å². The van der Waals surface area contributed by atoms with Gasteiger partial charge in [-0.25, -0.2) is 8.42 Å². The summed E-state index contributed by atoms with van der Waals surface area (Å²) in [6, 6.07) is 3.04. The molecule has 138 valence electrons. The average Bonchev–Trinajstić information content (AvgIpc) is 2.49. The van der Waals surface area contributed by atoms with Gasteiger partial charge in [0, 0.05) is 13.1 Å². The highest BCUT2D eigenvalue weighted by Gasteiger charge is 2.24. The summed E-state index contributed by atoms with van der Waals surface area (Å²) in [5.41, 5.74) is 5.78. The van der Waals surface area contributed by atoms with E-state index in [9.17, 15) is 18.3 Å². The molecule has 1 atom stereocenters. The molecule has 0 radical (unpaired) electrons. The molecule has 0 fully saturated rings. The van der Waals surface area contributed by atoms with Crippen LogP contribution in [-0.4, -0.2) is 42.9 Å². The van der Waals surface area contributed by atoms with Gasteiger partial charge in [0.15, 0.2) is 0 Å². The molecule has 0 aliphatic heterocycles. The van der Waals surface area contributed by atoms with Crippen LogP contribution in [0, 0.1) is 5.92 Å². The number of phenols is 1. The molecule has 1 aromatic carbocycles. The van der Waals surface area contributed by atoms with Crippen LogP contribution < -0.4 is 11.1 Å². The monoisotopic (exact) mass is 379 g/mol. The van der Waals surface area contributed by atoms with Crippen molar-refractivity contribution in [3.8, 4) is 5.75 Å². The summed E-state index contributed by atoms with van der Waals surface area (Å²) in [5, 5.41) is 12.3. The largest absolute Gasteiger partial charge is 0.506 e. The number of halogens is 1. The predicted molar refractivity (Wildman–Crippen MR) is 96.9 cm³/mol. The van der Waals surface area contributed by atoms with E-state index < -0.39 is 22.0 Å². The Hall–Kier alpha value is -1.35. The maximum atomic E-state index is 12.5. The minimum Gasteiger partial charge on any atom is -0.506 e. The van der Waals surface area contributed by atoms with Crippen LogP contribution in [0.2, 0.25) is 0 Å². The van der Waals surface area contributed by atoms with Gasteiger partial charge >= 0.3 is 0 Å². The standard InChI is InChI=1S/C15H25N3O4S.ClH/c1-5-18(6-2)23(21,22)11-7-8-13(19)12(9-11)17-15(20)14(16)10(3)4;/h7-10,14,19H,5-6,16H2,1-4H3,(H,17,20);1H/t14-;/m0./s1. The van der Waals surface area contributed by atoms with Crippen LogP contribution in [0.1, 0.15) is 27.7 Å². The molecule has 0 heterocycles. The van der Waals surface area contributed by atoms with E-state index in [0.29, 0.717) is 13.1 Å². The normalized spacial score (nSPS) is 12.8. The molecule has 24 heavy (non-hydrogen) atoms. The van der Waals surface area contributed by atoms with Crippen molar-refractivity contribution in [1.82, 2.24) is 4.31 Å². The lowest BCUT2D eigenvalue weighted by Crippen LogP contribution is -2.39. The van der Waals surface area contributed by atoms with Crippen LogP contribution in [0.15, 0.2) is 23.1 Å². The number of rotatable bonds is 7. The molecule has 0 bridgehead atoms. The lowest BCUT2D eigenvalue weighted by atomic mass is 10.0. The zero-order chi connectivity index (χ0) is 17.8. The van der Waals surface area contributed by atoms with Gasteiger partial charge in [0.2, 0.25) is 15.9 Å². The maximum Gasteiger partial charge on any atom is 0.243 e. The summed E-state index contributed by atoms with van der Waals surface area (Å²) < 4.78 is 26.3. The molecule has 1 amide bonds. The number of sulfonamides is 1. The van der Waals surface area contributed by atoms with Crippen LogP contribution >= 0.6 is 12.4 Å². The first-order chi connectivity index (χ1) is 10.6. The summed E-state index contributed by atoms with van der Waals surface area (Å²) in [6.45, 7) is 7.74. The third-order valence-corrected chi connectivity index (χ3v) is 5.64. The van der Waals surface area contributed by atoms with Crippen LogP contribution in [0.25, 0.3) is 0 Å². The van der Waals surface area contributed by atoms with Gasteiger partial charge in [0.05, 0.1) is 16.6 Å². The van der Waals surface area contributed by atoms with Crippen molar-refractivity contribution in [3.63, 3.8) is 0 Å². The highest BCUT2D eigenvalue weighted by molar-refractivity contribution is 7.89. The SMILES string of the molecule is CCN(CC)S(=O)(=O)c1ccc(O)c(NC(=O)[C@@H](N)C(C)C)c1.Cl. The minimum absolute atomic E-state index is 0. The lowest BCUT2D eigenvalue weighted by Gasteiger charge is -2.20. The predicted octanol–water partition coefficient (Wildman–Crippen LogP) is 1.77. The van der Waals surface area contributed by atoms with E-state index in [1.54, 1.807) is 27.7 Å². The van der Waals surface area contributed by atoms with Gasteiger partial charge in [0.1, 0.15) is 5.75 Å². The fourth-order valence-corrected chi connectivity index (χ4v) is 3.49. The molecular weight excluding hydrogens is 354 g/mol. The number of anilines is 1. The van der Waals surface area contributed by atoms with E-state index in [2.05, 4.69) is 5.32 Å². The van der Waals surface area contributed by atoms with E-state index in [4.69, 9.17) is 5.73 Å². The molecule has 0 saturated carbocycles. The molecule has 4 N–H and O–H groups in total. The molecule has 0 aliphatic rings. The van der Waals surface area contributed by atoms with Gasteiger partial charge < -0.3 is 16.2 Å². The van der Waals surface area contributed by atoms with Gasteiger partial charge in [-0.1, -0.05) is 27.7 Å². The molecule has 9 heteroatoms. The third-order valence-electron chi connectivity index (χ3n) is 3.59. The second kappa shape index (κ2) is 9.22. The Kier molecular flexibility index (Phi) is 8.70. The van der Waals surface area contributed by atoms with Crippen molar-refractivity contribution in [1.29, 1.82) is 0 Å². The number of nitrogens with two attached hydrogens (primary N) is 1. The Bertz CT molecular complexity index is 661. The van der Waals surface area contributed by atoms with Crippen molar-refractivity contribution in [3.05, 3.63) is 18.2 Å². The van der Waals surface area contributed by atoms with E-state index in [0.717, 1.165) is 0 Å². The van der Waals surface area contributed by atoms with Crippen molar-refractivity contribution in [2.24, 2.45) is 11.7 Å². The van der Waals surface area contributed by atoms with Crippen LogP contribution in [0.4, 0.5) is 5.69 Å². The van der Waals surface area contributed by atoms with Crippen LogP contribution in [0.5, 0.6) is 5.75 Å². The Morgan fingerprint density at radius 3 is 2.29 bits per heavy atom. The molecule has 1 rings (SSSR count). The molecule has 0 unspecified atom stereocenters. The molecule has 0 aromatic heterocycles. The molecular formula is C15H26ClN3O4S. The lowest BCUT2D eigenvalue weighted by molar-refractivity contribution is -0.118. The molecule has 0 aliphatic carbocycles. The highest BCUT2D eigenvalue weighted by Crippen LogP contribution is 2.28. The number of carbonyl (C=O) groups excluding carboxylic acids is 1. The number of hydrogen-bond donors (Lipinski definition) is 3. The third kappa shape index (κ3) is 5.07. The Morgan fingerprint density at radius 2 is 1.83 bits per heavy atom. The van der Waals surface area contributed by atoms with E-state index in [1.807, 2.05) is 0 Å². The summed E-state index contributed by atoms with van der Waals surface area (Å²) in [5.74, 6) is -0.778. The van der Waals surface area contributed by atoms with Gasteiger partial charge in [-0.05, 0) is 24.1 Å². The van der Waals surface area contributed by atoms with Crippen molar-refractivity contribution >= 4 is 34.0 Å². The number of carbonyl (C=O) groups is 1. The second-order valence-electron chi connectivity index (χ2n) is 5.53. The quantitative estimate of drug-likeness (QED) is 0.625. The second-order valence-corrected chi connectivity index (χ2v) is 7.47. The summed E-state index contributed by atoms with van der Waals surface area (Å²) in [4.78, 5) is 12.0. The van der Waals surface area contributed by atoms with E-state index in [-0.39, 0.29) is 34.7 Å². The van der Waals surface area contributed by atoms with Gasteiger partial charge in [0.25, 0.3) is 0 Å². The number of benzene rings is 1. The molecule has 1 aromatic rings. The number of nitrogens with one attached hydrogen (secondary N) is 1. The number of nitrogens with zero attached hydrogens (tertiary/aromatic N) is 1. The summed E-state index contributed by atoms with van der Waals surface area (Å²) >= 11 is 0. The number of amides is 1. The summed E-state index contributed by atoms with van der Waals surface area (Å²) in [7, 11) is -3.67. The summed E-state index contributed by atoms with van der Waals surface area (Å²) in [6.07, 6.45) is 0. The Labute approximate surface area is 149 Å². The maximum absolute atomic E-state index is 12.5.